The van der Waals surface area contributed by atoms with Crippen LogP contribution in [0, 0.1) is 0 Å². The van der Waals surface area contributed by atoms with Crippen molar-refractivity contribution in [3.63, 3.8) is 0 Å². The summed E-state index contributed by atoms with van der Waals surface area (Å²) in [7, 11) is -3.67. The molecule has 2 N–H and O–H groups in total. The van der Waals surface area contributed by atoms with Gasteiger partial charge in [0.05, 0.1) is 6.26 Å². The predicted molar refractivity (Wildman–Crippen MR) is 251 cm³/mol. The Morgan fingerprint density at radius 3 is 1.85 bits per heavy atom. The van der Waals surface area contributed by atoms with Crippen LogP contribution in [0.15, 0.2) is 198 Å². The number of aromatic amines is 1. The summed E-state index contributed by atoms with van der Waals surface area (Å²) in [5.74, 6) is 0. The van der Waals surface area contributed by atoms with Crippen molar-refractivity contribution < 1.29 is 13.0 Å². The average molecular weight is 838 g/mol. The molecule has 7 heteroatoms. The van der Waals surface area contributed by atoms with Crippen molar-refractivity contribution in [2.45, 2.75) is 22.6 Å². The van der Waals surface area contributed by atoms with Crippen molar-refractivity contribution in [1.82, 2.24) is 4.98 Å². The third-order valence-corrected chi connectivity index (χ3v) is 12.3. The number of hydrogen-bond donors (Lipinski definition) is 2. The second-order valence-electron chi connectivity index (χ2n) is 14.9. The van der Waals surface area contributed by atoms with E-state index in [-0.39, 0.29) is 0 Å². The topological polar surface area (TPSA) is 70.2 Å². The monoisotopic (exact) mass is 837 g/mol. The zero-order valence-electron chi connectivity index (χ0n) is 32.8. The molecule has 0 radical (unpaired) electrons. The molecule has 60 heavy (non-hydrogen) atoms. The standard InChI is InChI=1S/C52H36ClNS.CH4O3S/c53-52-51(50-39(22-14-25-46(50)54-52)31-34-15-4-1-5-16-34)42-24-12-13-26-47(42)55-40-29-27-35(28-30-40)43-33-44-41-23-11-10-21-38(41)32-45(44)49(37-19-8-3-9-20-37)48(43)36-17-6-2-7-18-36;1-5(2,3)4/h1-30,33,54H,31-32H2;1H3,(H,2,3,4). The van der Waals surface area contributed by atoms with Crippen LogP contribution in [0.5, 0.6) is 0 Å². The largest absolute Gasteiger partial charge is 0.345 e. The lowest BCUT2D eigenvalue weighted by molar-refractivity contribution is 0.490. The van der Waals surface area contributed by atoms with Crippen LogP contribution in [-0.4, -0.2) is 24.2 Å². The first-order valence-electron chi connectivity index (χ1n) is 19.7. The van der Waals surface area contributed by atoms with Gasteiger partial charge < -0.3 is 4.98 Å². The van der Waals surface area contributed by atoms with E-state index in [4.69, 9.17) is 16.2 Å². The van der Waals surface area contributed by atoms with Crippen LogP contribution < -0.4 is 0 Å². The van der Waals surface area contributed by atoms with E-state index in [1.807, 2.05) is 0 Å². The van der Waals surface area contributed by atoms with Gasteiger partial charge in [0, 0.05) is 26.3 Å². The summed E-state index contributed by atoms with van der Waals surface area (Å²) in [6.07, 6.45) is 2.48. The smallest absolute Gasteiger partial charge is 0.261 e. The van der Waals surface area contributed by atoms with Crippen molar-refractivity contribution in [3.05, 3.63) is 215 Å². The van der Waals surface area contributed by atoms with Gasteiger partial charge in [-0.1, -0.05) is 181 Å². The Balaban J connectivity index is 0.000000875. The minimum atomic E-state index is -3.67. The number of aromatic nitrogens is 1. The number of halogens is 1. The van der Waals surface area contributed by atoms with Gasteiger partial charge in [-0.05, 0) is 115 Å². The van der Waals surface area contributed by atoms with Crippen molar-refractivity contribution in [1.29, 1.82) is 0 Å². The molecule has 0 fully saturated rings. The summed E-state index contributed by atoms with van der Waals surface area (Å²) in [4.78, 5) is 5.82. The number of fused-ring (bicyclic) bond motifs is 4. The molecule has 1 aliphatic carbocycles. The van der Waals surface area contributed by atoms with Crippen molar-refractivity contribution >= 4 is 44.4 Å². The van der Waals surface area contributed by atoms with Crippen LogP contribution in [0.25, 0.3) is 66.5 Å². The Kier molecular flexibility index (Phi) is 11.0. The maximum absolute atomic E-state index is 9.19. The van der Waals surface area contributed by atoms with Gasteiger partial charge in [0.15, 0.2) is 0 Å². The molecule has 0 unspecified atom stereocenters. The second-order valence-corrected chi connectivity index (χ2v) is 17.9. The third-order valence-electron chi connectivity index (χ3n) is 10.9. The number of rotatable bonds is 8. The Hall–Kier alpha value is -6.15. The quantitative estimate of drug-likeness (QED) is 0.150. The van der Waals surface area contributed by atoms with Gasteiger partial charge in [0.25, 0.3) is 10.1 Å². The van der Waals surface area contributed by atoms with E-state index in [2.05, 4.69) is 193 Å². The van der Waals surface area contributed by atoms with E-state index in [0.717, 1.165) is 34.4 Å². The molecule has 4 nitrogen and oxygen atoms in total. The first-order chi connectivity index (χ1) is 29.2. The van der Waals surface area contributed by atoms with Crippen LogP contribution in [0.3, 0.4) is 0 Å². The van der Waals surface area contributed by atoms with Crippen LogP contribution in [-0.2, 0) is 23.0 Å². The lowest BCUT2D eigenvalue weighted by Gasteiger charge is -2.21. The van der Waals surface area contributed by atoms with Gasteiger partial charge in [-0.3, -0.25) is 4.55 Å². The fourth-order valence-corrected chi connectivity index (χ4v) is 9.68. The molecule has 1 aromatic heterocycles. The summed E-state index contributed by atoms with van der Waals surface area (Å²) >= 11 is 8.85. The Morgan fingerprint density at radius 2 is 1.17 bits per heavy atom. The third kappa shape index (κ3) is 8.20. The van der Waals surface area contributed by atoms with Gasteiger partial charge >= 0.3 is 0 Å². The summed E-state index contributed by atoms with van der Waals surface area (Å²) in [5, 5.41) is 1.85. The summed E-state index contributed by atoms with van der Waals surface area (Å²) in [6, 6.07) is 68.1. The summed E-state index contributed by atoms with van der Waals surface area (Å²) in [5.41, 5.74) is 18.8. The first-order valence-corrected chi connectivity index (χ1v) is 22.8. The molecule has 0 bridgehead atoms. The van der Waals surface area contributed by atoms with E-state index in [1.165, 1.54) is 77.0 Å². The normalized spacial score (nSPS) is 11.8. The van der Waals surface area contributed by atoms with E-state index in [1.54, 1.807) is 11.8 Å². The number of hydrogen-bond acceptors (Lipinski definition) is 3. The SMILES string of the molecule is CS(=O)(=O)O.Clc1[nH]c2cccc(Cc3ccccc3)c2c1-c1ccccc1Sc1ccc(-c2cc3c(c(-c4ccccc4)c2-c2ccccc2)Cc2ccccc2-3)cc1. The fraction of sp³-hybridized carbons (Fsp3) is 0.0566. The van der Waals surface area contributed by atoms with Crippen molar-refractivity contribution in [3.8, 4) is 55.6 Å². The molecule has 1 heterocycles. The zero-order chi connectivity index (χ0) is 41.2. The summed E-state index contributed by atoms with van der Waals surface area (Å²) in [6.45, 7) is 0. The molecule has 10 rings (SSSR count). The highest BCUT2D eigenvalue weighted by Gasteiger charge is 2.27. The van der Waals surface area contributed by atoms with Gasteiger partial charge in [0.2, 0.25) is 0 Å². The van der Waals surface area contributed by atoms with Gasteiger partial charge in [-0.15, -0.1) is 0 Å². The van der Waals surface area contributed by atoms with Gasteiger partial charge in [0.1, 0.15) is 5.15 Å². The van der Waals surface area contributed by atoms with Crippen LogP contribution in [0.4, 0.5) is 0 Å². The lowest BCUT2D eigenvalue weighted by atomic mass is 9.82. The molecule has 0 amide bonds. The van der Waals surface area contributed by atoms with Crippen LogP contribution >= 0.6 is 23.4 Å². The molecule has 8 aromatic carbocycles. The van der Waals surface area contributed by atoms with Crippen LogP contribution in [0.2, 0.25) is 5.15 Å². The molecule has 9 aromatic rings. The number of nitrogens with one attached hydrogen (secondary N) is 1. The molecule has 0 atom stereocenters. The number of benzene rings is 8. The molecule has 0 saturated heterocycles. The van der Waals surface area contributed by atoms with E-state index >= 15 is 0 Å². The highest BCUT2D eigenvalue weighted by Crippen LogP contribution is 2.51. The van der Waals surface area contributed by atoms with Gasteiger partial charge in [-0.25, -0.2) is 0 Å². The maximum Gasteiger partial charge on any atom is 0.261 e. The average Bonchev–Trinajstić information content (AvgIpc) is 3.81. The zero-order valence-corrected chi connectivity index (χ0v) is 35.2. The second kappa shape index (κ2) is 16.8. The lowest BCUT2D eigenvalue weighted by Crippen LogP contribution is -1.97. The molecule has 0 spiro atoms. The number of H-pyrrole nitrogens is 1. The highest BCUT2D eigenvalue weighted by atomic mass is 35.5. The maximum atomic E-state index is 9.19. The Labute approximate surface area is 360 Å². The highest BCUT2D eigenvalue weighted by molar-refractivity contribution is 7.99. The minimum Gasteiger partial charge on any atom is -0.345 e. The molecular formula is C53H40ClNO3S2. The molecular weight excluding hydrogens is 798 g/mol. The van der Waals surface area contributed by atoms with E-state index in [9.17, 15) is 8.42 Å². The first kappa shape index (κ1) is 39.3. The van der Waals surface area contributed by atoms with Crippen molar-refractivity contribution in [2.75, 3.05) is 6.26 Å². The van der Waals surface area contributed by atoms with E-state index in [0.29, 0.717) is 11.4 Å². The molecule has 0 saturated carbocycles. The van der Waals surface area contributed by atoms with Crippen LogP contribution in [0.1, 0.15) is 22.3 Å². The fourth-order valence-electron chi connectivity index (χ4n) is 8.43. The summed E-state index contributed by atoms with van der Waals surface area (Å²) < 4.78 is 25.9. The Bertz CT molecular complexity index is 3080. The van der Waals surface area contributed by atoms with Crippen molar-refractivity contribution in [2.24, 2.45) is 0 Å². The molecule has 0 aliphatic heterocycles. The Morgan fingerprint density at radius 1 is 0.583 bits per heavy atom. The molecule has 1 aliphatic rings. The van der Waals surface area contributed by atoms with E-state index < -0.39 is 10.1 Å². The predicted octanol–water partition coefficient (Wildman–Crippen LogP) is 14.3. The minimum absolute atomic E-state index is 0.666. The molecule has 294 valence electrons. The van der Waals surface area contributed by atoms with Gasteiger partial charge in [-0.2, -0.15) is 8.42 Å².